The summed E-state index contributed by atoms with van der Waals surface area (Å²) in [5, 5.41) is 2.48. The van der Waals surface area contributed by atoms with Crippen LogP contribution in [0.15, 0.2) is 35.7 Å². The molecule has 3 rings (SSSR count). The van der Waals surface area contributed by atoms with Crippen LogP contribution >= 0.6 is 0 Å². The zero-order valence-corrected chi connectivity index (χ0v) is 7.07. The Bertz CT molecular complexity index is 535. The van der Waals surface area contributed by atoms with Crippen LogP contribution in [-0.2, 0) is 0 Å². The van der Waals surface area contributed by atoms with E-state index in [2.05, 4.69) is 22.1 Å². The largest absolute Gasteiger partial charge is 0.264 e. The second-order valence-electron chi connectivity index (χ2n) is 3.18. The van der Waals surface area contributed by atoms with E-state index in [0.29, 0.717) is 0 Å². The van der Waals surface area contributed by atoms with E-state index in [1.807, 2.05) is 24.7 Å². The van der Waals surface area contributed by atoms with Crippen molar-refractivity contribution in [1.29, 1.82) is 0 Å². The van der Waals surface area contributed by atoms with Crippen LogP contribution in [0.4, 0.5) is 0 Å². The van der Waals surface area contributed by atoms with E-state index >= 15 is 0 Å². The molecule has 2 aliphatic rings. The number of hydrogen-bond acceptors (Lipinski definition) is 2. The van der Waals surface area contributed by atoms with Gasteiger partial charge in [0.15, 0.2) is 0 Å². The third-order valence-corrected chi connectivity index (χ3v) is 2.44. The summed E-state index contributed by atoms with van der Waals surface area (Å²) in [7, 11) is 0. The molecule has 0 aromatic carbocycles. The van der Waals surface area contributed by atoms with Crippen molar-refractivity contribution in [3.8, 4) is 0 Å². The summed E-state index contributed by atoms with van der Waals surface area (Å²) in [6, 6.07) is 2.05. The first kappa shape index (κ1) is 6.78. The van der Waals surface area contributed by atoms with E-state index in [1.54, 1.807) is 0 Å². The van der Waals surface area contributed by atoms with Gasteiger partial charge in [0.2, 0.25) is 0 Å². The molecule has 2 heterocycles. The van der Waals surface area contributed by atoms with Gasteiger partial charge >= 0.3 is 0 Å². The van der Waals surface area contributed by atoms with Crippen LogP contribution in [0.25, 0.3) is 11.6 Å². The molecule has 0 saturated heterocycles. The van der Waals surface area contributed by atoms with Crippen molar-refractivity contribution in [2.24, 2.45) is 4.99 Å². The lowest BCUT2D eigenvalue weighted by atomic mass is 10.0. The van der Waals surface area contributed by atoms with Gasteiger partial charge in [0.05, 0.1) is 5.71 Å². The Hall–Kier alpha value is -1.70. The summed E-state index contributed by atoms with van der Waals surface area (Å²) in [5.41, 5.74) is 2.41. The maximum absolute atomic E-state index is 4.30. The lowest BCUT2D eigenvalue weighted by molar-refractivity contribution is 1.26. The molecular formula is C11H8N2. The topological polar surface area (TPSA) is 25.2 Å². The van der Waals surface area contributed by atoms with E-state index in [0.717, 1.165) is 6.42 Å². The average Bonchev–Trinajstić information content (AvgIpc) is 2.65. The summed E-state index contributed by atoms with van der Waals surface area (Å²) < 4.78 is 0. The smallest absolute Gasteiger partial charge is 0.0521 e. The summed E-state index contributed by atoms with van der Waals surface area (Å²) in [6.07, 6.45) is 10.8. The lowest BCUT2D eigenvalue weighted by Gasteiger charge is -2.05. The van der Waals surface area contributed by atoms with Gasteiger partial charge in [-0.3, -0.25) is 9.98 Å². The molecule has 0 N–H and O–H groups in total. The summed E-state index contributed by atoms with van der Waals surface area (Å²) in [4.78, 5) is 8.43. The van der Waals surface area contributed by atoms with Crippen molar-refractivity contribution < 1.29 is 0 Å². The van der Waals surface area contributed by atoms with Gasteiger partial charge in [-0.25, -0.2) is 0 Å². The molecule has 0 unspecified atom stereocenters. The van der Waals surface area contributed by atoms with Gasteiger partial charge in [0.25, 0.3) is 0 Å². The molecule has 0 fully saturated rings. The molecule has 62 valence electrons. The highest BCUT2D eigenvalue weighted by molar-refractivity contribution is 6.25. The third-order valence-electron chi connectivity index (χ3n) is 2.44. The Labute approximate surface area is 75.7 Å². The summed E-state index contributed by atoms with van der Waals surface area (Å²) in [6.45, 7) is 0. The number of allylic oxidation sites excluding steroid dienone is 1. The Kier molecular flexibility index (Phi) is 1.25. The van der Waals surface area contributed by atoms with Gasteiger partial charge in [-0.15, -0.1) is 0 Å². The minimum Gasteiger partial charge on any atom is -0.264 e. The van der Waals surface area contributed by atoms with Gasteiger partial charge in [-0.1, -0.05) is 6.08 Å². The number of pyridine rings is 1. The molecule has 1 aliphatic carbocycles. The maximum Gasteiger partial charge on any atom is 0.0521 e. The first-order chi connectivity index (χ1) is 6.45. The number of rotatable bonds is 0. The molecule has 1 aliphatic heterocycles. The average molecular weight is 168 g/mol. The molecule has 2 heteroatoms. The summed E-state index contributed by atoms with van der Waals surface area (Å²) in [5.74, 6) is 0. The van der Waals surface area contributed by atoms with Crippen molar-refractivity contribution in [3.63, 3.8) is 0 Å². The van der Waals surface area contributed by atoms with Gasteiger partial charge in [-0.05, 0) is 17.4 Å². The fraction of sp³-hybridized carbons (Fsp3) is 0.0909. The van der Waals surface area contributed by atoms with Crippen LogP contribution in [0.2, 0.25) is 0 Å². The van der Waals surface area contributed by atoms with Crippen molar-refractivity contribution >= 4 is 17.4 Å². The van der Waals surface area contributed by atoms with Crippen LogP contribution in [0.5, 0.6) is 0 Å². The predicted molar refractivity (Wildman–Crippen MR) is 52.6 cm³/mol. The maximum atomic E-state index is 4.30. The van der Waals surface area contributed by atoms with Crippen molar-refractivity contribution in [2.45, 2.75) is 6.42 Å². The quantitative estimate of drug-likeness (QED) is 0.550. The van der Waals surface area contributed by atoms with Crippen molar-refractivity contribution in [2.75, 3.05) is 0 Å². The number of aliphatic imine (C=N–C) groups is 1. The molecule has 0 radical (unpaired) electrons. The number of hydrogen-bond donors (Lipinski definition) is 0. The Morgan fingerprint density at radius 3 is 3.31 bits per heavy atom. The van der Waals surface area contributed by atoms with E-state index in [-0.39, 0.29) is 0 Å². The van der Waals surface area contributed by atoms with Crippen LogP contribution in [0, 0.1) is 0 Å². The molecule has 1 aromatic rings. The van der Waals surface area contributed by atoms with E-state index in [1.165, 1.54) is 21.7 Å². The van der Waals surface area contributed by atoms with Crippen LogP contribution in [-0.4, -0.2) is 10.7 Å². The SMILES string of the molecule is C1=CC2=c3cnccc3=CCC2=N1. The molecule has 1 aromatic heterocycles. The van der Waals surface area contributed by atoms with Crippen molar-refractivity contribution in [1.82, 2.24) is 4.98 Å². The molecule has 0 atom stereocenters. The van der Waals surface area contributed by atoms with Crippen LogP contribution < -0.4 is 10.4 Å². The molecular weight excluding hydrogens is 160 g/mol. The van der Waals surface area contributed by atoms with Gasteiger partial charge in [0.1, 0.15) is 0 Å². The molecule has 0 saturated carbocycles. The van der Waals surface area contributed by atoms with Crippen molar-refractivity contribution in [3.05, 3.63) is 41.2 Å². The molecule has 0 amide bonds. The zero-order chi connectivity index (χ0) is 8.67. The Morgan fingerprint density at radius 1 is 1.31 bits per heavy atom. The monoisotopic (exact) mass is 168 g/mol. The first-order valence-electron chi connectivity index (χ1n) is 4.33. The standard InChI is InChI=1S/C11H8N2/c1-2-11-9(4-6-13-11)10-7-12-5-3-8(1)10/h1,3-7H,2H2. The highest BCUT2D eigenvalue weighted by Gasteiger charge is 2.11. The predicted octanol–water partition coefficient (Wildman–Crippen LogP) is 0.385. The zero-order valence-electron chi connectivity index (χ0n) is 7.07. The van der Waals surface area contributed by atoms with E-state index in [4.69, 9.17) is 0 Å². The lowest BCUT2D eigenvalue weighted by Crippen LogP contribution is -2.32. The van der Waals surface area contributed by atoms with Crippen LogP contribution in [0.3, 0.4) is 0 Å². The van der Waals surface area contributed by atoms with Gasteiger partial charge in [0, 0.05) is 35.8 Å². The second-order valence-corrected chi connectivity index (χ2v) is 3.18. The highest BCUT2D eigenvalue weighted by Crippen LogP contribution is 2.13. The minimum atomic E-state index is 0.944. The molecule has 13 heavy (non-hydrogen) atoms. The van der Waals surface area contributed by atoms with E-state index in [9.17, 15) is 0 Å². The number of nitrogens with zero attached hydrogens (tertiary/aromatic N) is 2. The second kappa shape index (κ2) is 2.39. The Morgan fingerprint density at radius 2 is 2.31 bits per heavy atom. The third kappa shape index (κ3) is 0.886. The first-order valence-corrected chi connectivity index (χ1v) is 4.33. The normalized spacial score (nSPS) is 17.5. The van der Waals surface area contributed by atoms with Crippen LogP contribution in [0.1, 0.15) is 6.42 Å². The van der Waals surface area contributed by atoms with Gasteiger partial charge < -0.3 is 0 Å². The minimum absolute atomic E-state index is 0.944. The summed E-state index contributed by atoms with van der Waals surface area (Å²) >= 11 is 0. The number of fused-ring (bicyclic) bond motifs is 2. The Balaban J connectivity index is 2.53. The molecule has 0 spiro atoms. The fourth-order valence-electron chi connectivity index (χ4n) is 1.79. The highest BCUT2D eigenvalue weighted by atomic mass is 14.7. The molecule has 2 nitrogen and oxygen atoms in total. The number of aromatic nitrogens is 1. The van der Waals surface area contributed by atoms with Gasteiger partial charge in [-0.2, -0.15) is 0 Å². The fourth-order valence-corrected chi connectivity index (χ4v) is 1.79. The molecule has 0 bridgehead atoms. The van der Waals surface area contributed by atoms with E-state index < -0.39 is 0 Å².